The molecule has 8 nitrogen and oxygen atoms in total. The highest BCUT2D eigenvalue weighted by Crippen LogP contribution is 2.59. The van der Waals surface area contributed by atoms with E-state index in [-0.39, 0.29) is 24.0 Å². The molecule has 8 heteroatoms. The van der Waals surface area contributed by atoms with Crippen molar-refractivity contribution in [1.82, 2.24) is 0 Å². The van der Waals surface area contributed by atoms with Gasteiger partial charge in [-0.3, -0.25) is 9.68 Å². The van der Waals surface area contributed by atoms with Crippen LogP contribution < -0.4 is 0 Å². The Hall–Kier alpha value is -1.93. The van der Waals surface area contributed by atoms with Crippen LogP contribution >= 0.6 is 0 Å². The smallest absolute Gasteiger partial charge is 0.346 e. The molecule has 1 saturated heterocycles. The van der Waals surface area contributed by atoms with Crippen LogP contribution in [0.2, 0.25) is 0 Å². The van der Waals surface area contributed by atoms with E-state index in [1.54, 1.807) is 13.8 Å². The molecule has 7 atom stereocenters. The molecular weight excluding hydrogens is 332 g/mol. The fraction of sp³-hybridized carbons (Fsp3) is 0.706. The van der Waals surface area contributed by atoms with Gasteiger partial charge in [-0.25, -0.2) is 9.59 Å². The quantitative estimate of drug-likeness (QED) is 0.221. The van der Waals surface area contributed by atoms with Crippen LogP contribution in [0.5, 0.6) is 0 Å². The summed E-state index contributed by atoms with van der Waals surface area (Å²) >= 11 is 0. The molecule has 3 rings (SSSR count). The molecule has 0 radical (unpaired) electrons. The molecule has 2 saturated carbocycles. The van der Waals surface area contributed by atoms with Crippen molar-refractivity contribution in [3.8, 4) is 0 Å². The van der Waals surface area contributed by atoms with Gasteiger partial charge in [0, 0.05) is 17.4 Å². The Morgan fingerprint density at radius 3 is 2.72 bits per heavy atom. The highest BCUT2D eigenvalue weighted by atomic mass is 17.2. The molecule has 2 bridgehead atoms. The molecule has 0 amide bonds. The lowest BCUT2D eigenvalue weighted by Crippen LogP contribution is -2.44. The van der Waals surface area contributed by atoms with Gasteiger partial charge in [0.1, 0.15) is 12.2 Å². The molecule has 0 spiro atoms. The zero-order valence-corrected chi connectivity index (χ0v) is 14.4. The molecule has 25 heavy (non-hydrogen) atoms. The monoisotopic (exact) mass is 354 g/mol. The van der Waals surface area contributed by atoms with Crippen molar-refractivity contribution in [2.24, 2.45) is 23.7 Å². The number of esters is 2. The molecule has 0 N–H and O–H groups in total. The molecule has 3 aliphatic rings. The highest BCUT2D eigenvalue weighted by molar-refractivity contribution is 5.87. The van der Waals surface area contributed by atoms with E-state index >= 15 is 0 Å². The summed E-state index contributed by atoms with van der Waals surface area (Å²) in [5.41, 5.74) is 0.258. The van der Waals surface area contributed by atoms with Crippen molar-refractivity contribution in [3.05, 3.63) is 12.2 Å². The molecule has 1 heterocycles. The normalized spacial score (nSPS) is 36.0. The van der Waals surface area contributed by atoms with Crippen LogP contribution in [0.3, 0.4) is 0 Å². The summed E-state index contributed by atoms with van der Waals surface area (Å²) in [6, 6.07) is 0. The Morgan fingerprint density at radius 2 is 2.08 bits per heavy atom. The van der Waals surface area contributed by atoms with Gasteiger partial charge in [-0.2, -0.15) is 4.89 Å². The number of carbonyl (C=O) groups excluding carboxylic acids is 3. The van der Waals surface area contributed by atoms with E-state index in [9.17, 15) is 14.4 Å². The Labute approximate surface area is 145 Å². The summed E-state index contributed by atoms with van der Waals surface area (Å²) in [7, 11) is 0. The molecular formula is C17H22O8. The molecule has 0 aromatic carbocycles. The number of ether oxygens (including phenoxy) is 3. The van der Waals surface area contributed by atoms with Crippen molar-refractivity contribution < 1.29 is 38.4 Å². The van der Waals surface area contributed by atoms with Crippen molar-refractivity contribution in [2.75, 3.05) is 6.61 Å². The minimum atomic E-state index is -0.852. The summed E-state index contributed by atoms with van der Waals surface area (Å²) in [6.07, 6.45) is -1.18. The second-order valence-corrected chi connectivity index (χ2v) is 6.68. The summed E-state index contributed by atoms with van der Waals surface area (Å²) in [5.74, 6) is -3.08. The second kappa shape index (κ2) is 6.76. The summed E-state index contributed by atoms with van der Waals surface area (Å²) in [5, 5.41) is 0. The minimum absolute atomic E-state index is 0.0919. The average Bonchev–Trinajstić information content (AvgIpc) is 3.15. The van der Waals surface area contributed by atoms with Crippen LogP contribution in [0.1, 0.15) is 27.2 Å². The summed E-state index contributed by atoms with van der Waals surface area (Å²) in [4.78, 5) is 45.6. The van der Waals surface area contributed by atoms with E-state index < -0.39 is 48.2 Å². The standard InChI is InChI=1S/C17H22O8/c1-5-21-25-17(20)12-10-6-9-11(12)16(19)24-14(9)13(10)22-8(4)23-15(18)7(2)3/h8-14H,2,5-6H2,1,3-4H3. The van der Waals surface area contributed by atoms with Crippen molar-refractivity contribution >= 4 is 17.9 Å². The van der Waals surface area contributed by atoms with Gasteiger partial charge in [0.2, 0.25) is 6.29 Å². The van der Waals surface area contributed by atoms with E-state index in [4.69, 9.17) is 24.0 Å². The Morgan fingerprint density at radius 1 is 1.36 bits per heavy atom. The van der Waals surface area contributed by atoms with Crippen molar-refractivity contribution in [3.63, 3.8) is 0 Å². The molecule has 2 aliphatic carbocycles. The number of hydrogen-bond acceptors (Lipinski definition) is 8. The summed E-state index contributed by atoms with van der Waals surface area (Å²) in [6.45, 7) is 8.54. The number of fused-ring (bicyclic) bond motifs is 1. The van der Waals surface area contributed by atoms with Gasteiger partial charge >= 0.3 is 17.9 Å². The first-order valence-electron chi connectivity index (χ1n) is 8.40. The van der Waals surface area contributed by atoms with E-state index in [2.05, 4.69) is 6.58 Å². The van der Waals surface area contributed by atoms with E-state index in [1.807, 2.05) is 0 Å². The fourth-order valence-corrected chi connectivity index (χ4v) is 4.17. The third-order valence-corrected chi connectivity index (χ3v) is 5.05. The van der Waals surface area contributed by atoms with Crippen LogP contribution in [0.15, 0.2) is 12.2 Å². The zero-order chi connectivity index (χ0) is 18.3. The van der Waals surface area contributed by atoms with E-state index in [1.165, 1.54) is 6.92 Å². The predicted octanol–water partition coefficient (Wildman–Crippen LogP) is 1.14. The number of hydrogen-bond donors (Lipinski definition) is 0. The van der Waals surface area contributed by atoms with E-state index in [0.29, 0.717) is 6.42 Å². The van der Waals surface area contributed by atoms with Gasteiger partial charge < -0.3 is 14.2 Å². The largest absolute Gasteiger partial charge is 0.459 e. The lowest BCUT2D eigenvalue weighted by molar-refractivity contribution is -0.277. The zero-order valence-electron chi connectivity index (χ0n) is 14.4. The highest BCUT2D eigenvalue weighted by Gasteiger charge is 2.69. The van der Waals surface area contributed by atoms with Crippen LogP contribution in [-0.2, 0) is 38.4 Å². The average molecular weight is 354 g/mol. The topological polar surface area (TPSA) is 97.4 Å². The molecule has 1 aliphatic heterocycles. The van der Waals surface area contributed by atoms with Crippen LogP contribution in [0, 0.1) is 23.7 Å². The summed E-state index contributed by atoms with van der Waals surface area (Å²) < 4.78 is 16.4. The van der Waals surface area contributed by atoms with E-state index in [0.717, 1.165) is 0 Å². The minimum Gasteiger partial charge on any atom is -0.459 e. The first kappa shape index (κ1) is 17.9. The van der Waals surface area contributed by atoms with Crippen LogP contribution in [-0.4, -0.2) is 43.0 Å². The molecule has 138 valence electrons. The van der Waals surface area contributed by atoms with Gasteiger partial charge in [0.25, 0.3) is 0 Å². The van der Waals surface area contributed by atoms with Crippen LogP contribution in [0.25, 0.3) is 0 Å². The molecule has 3 fully saturated rings. The first-order valence-corrected chi connectivity index (χ1v) is 8.40. The fourth-order valence-electron chi connectivity index (χ4n) is 4.17. The molecule has 0 aromatic heterocycles. The third-order valence-electron chi connectivity index (χ3n) is 5.05. The second-order valence-electron chi connectivity index (χ2n) is 6.68. The Kier molecular flexibility index (Phi) is 4.83. The number of carbonyl (C=O) groups is 3. The Balaban J connectivity index is 1.71. The van der Waals surface area contributed by atoms with Gasteiger partial charge in [0.05, 0.1) is 18.4 Å². The lowest BCUT2D eigenvalue weighted by atomic mass is 9.78. The first-order chi connectivity index (χ1) is 11.8. The van der Waals surface area contributed by atoms with Crippen molar-refractivity contribution in [2.45, 2.75) is 45.7 Å². The lowest BCUT2D eigenvalue weighted by Gasteiger charge is -2.31. The Bertz CT molecular complexity index is 599. The maximum Gasteiger partial charge on any atom is 0.346 e. The third kappa shape index (κ3) is 3.04. The van der Waals surface area contributed by atoms with Crippen molar-refractivity contribution in [1.29, 1.82) is 0 Å². The maximum atomic E-state index is 12.3. The van der Waals surface area contributed by atoms with Gasteiger partial charge in [-0.05, 0) is 27.2 Å². The number of rotatable bonds is 7. The van der Waals surface area contributed by atoms with Crippen LogP contribution in [0.4, 0.5) is 0 Å². The maximum absolute atomic E-state index is 12.3. The van der Waals surface area contributed by atoms with Gasteiger partial charge in [0.15, 0.2) is 0 Å². The molecule has 0 aromatic rings. The SMILES string of the molecule is C=C(C)C(=O)OC(C)OC1C2CC3C1OC(=O)C3C2C(=O)OOCC. The molecule has 7 unspecified atom stereocenters. The van der Waals surface area contributed by atoms with Gasteiger partial charge in [-0.15, -0.1) is 0 Å². The predicted molar refractivity (Wildman–Crippen MR) is 81.4 cm³/mol. The van der Waals surface area contributed by atoms with Gasteiger partial charge in [-0.1, -0.05) is 6.58 Å².